The number of carbonyl (C=O) groups is 1. The predicted octanol–water partition coefficient (Wildman–Crippen LogP) is 1.01. The minimum atomic E-state index is -0.660. The minimum absolute atomic E-state index is 0.0477. The van der Waals surface area contributed by atoms with E-state index in [-0.39, 0.29) is 36.1 Å². The molecule has 3 aliphatic carbocycles. The van der Waals surface area contributed by atoms with Crippen LogP contribution in [0.25, 0.3) is 0 Å². The molecule has 3 fully saturated rings. The molecule has 1 amide bonds. The summed E-state index contributed by atoms with van der Waals surface area (Å²) in [5.74, 6) is 0.355. The quantitative estimate of drug-likeness (QED) is 0.772. The molecule has 7 nitrogen and oxygen atoms in total. The number of hydrogen-bond donors (Lipinski definition) is 0. The molecule has 1 atom stereocenters. The molecule has 0 spiro atoms. The molecule has 0 N–H and O–H groups in total. The highest BCUT2D eigenvalue weighted by Gasteiger charge is 2.41. The number of amides is 1. The van der Waals surface area contributed by atoms with Crippen LogP contribution in [-0.4, -0.2) is 32.0 Å². The molecular formula is C18H22N4O3. The fraction of sp³-hybridized carbons (Fsp3) is 0.667. The van der Waals surface area contributed by atoms with Crippen molar-refractivity contribution in [3.05, 3.63) is 32.6 Å². The van der Waals surface area contributed by atoms with E-state index in [2.05, 4.69) is 6.92 Å². The van der Waals surface area contributed by atoms with Crippen molar-refractivity contribution in [2.24, 2.45) is 5.92 Å². The molecule has 132 valence electrons. The van der Waals surface area contributed by atoms with E-state index in [0.29, 0.717) is 5.92 Å². The van der Waals surface area contributed by atoms with E-state index >= 15 is 0 Å². The van der Waals surface area contributed by atoms with Crippen LogP contribution in [-0.2, 0) is 11.3 Å². The summed E-state index contributed by atoms with van der Waals surface area (Å²) in [5, 5.41) is 9.20. The fourth-order valence-electron chi connectivity index (χ4n) is 3.59. The average Bonchev–Trinajstić information content (AvgIpc) is 3.44. The SMILES string of the molecule is C[C@H](C1CC1)N(C(=O)Cn1c(=O)c(C#N)cn(C2CC2)c1=O)C1CC1. The molecule has 7 heteroatoms. The van der Waals surface area contributed by atoms with Crippen molar-refractivity contribution >= 4 is 5.91 Å². The molecule has 3 aliphatic rings. The van der Waals surface area contributed by atoms with E-state index in [9.17, 15) is 19.6 Å². The van der Waals surface area contributed by atoms with Crippen molar-refractivity contribution in [2.75, 3.05) is 0 Å². The summed E-state index contributed by atoms with van der Waals surface area (Å²) in [6, 6.07) is 2.30. The Morgan fingerprint density at radius 2 is 1.96 bits per heavy atom. The zero-order chi connectivity index (χ0) is 17.7. The molecule has 0 saturated heterocycles. The summed E-state index contributed by atoms with van der Waals surface area (Å²) >= 11 is 0. The van der Waals surface area contributed by atoms with Crippen LogP contribution >= 0.6 is 0 Å². The molecule has 1 aromatic heterocycles. The molecule has 0 bridgehead atoms. The van der Waals surface area contributed by atoms with Crippen LogP contribution in [0.1, 0.15) is 57.1 Å². The van der Waals surface area contributed by atoms with Crippen LogP contribution in [0.2, 0.25) is 0 Å². The third-order valence-electron chi connectivity index (χ3n) is 5.52. The second kappa shape index (κ2) is 5.87. The van der Waals surface area contributed by atoms with Crippen molar-refractivity contribution in [3.8, 4) is 6.07 Å². The second-order valence-electron chi connectivity index (χ2n) is 7.58. The van der Waals surface area contributed by atoms with Gasteiger partial charge in [-0.15, -0.1) is 0 Å². The monoisotopic (exact) mass is 342 g/mol. The Morgan fingerprint density at radius 1 is 1.28 bits per heavy atom. The maximum absolute atomic E-state index is 12.9. The maximum Gasteiger partial charge on any atom is 0.331 e. The van der Waals surface area contributed by atoms with Gasteiger partial charge in [0.25, 0.3) is 5.56 Å². The zero-order valence-corrected chi connectivity index (χ0v) is 14.4. The first-order valence-corrected chi connectivity index (χ1v) is 9.08. The van der Waals surface area contributed by atoms with Crippen molar-refractivity contribution in [1.29, 1.82) is 5.26 Å². The average molecular weight is 342 g/mol. The highest BCUT2D eigenvalue weighted by molar-refractivity contribution is 5.77. The number of nitrogens with zero attached hydrogens (tertiary/aromatic N) is 4. The molecule has 3 saturated carbocycles. The maximum atomic E-state index is 12.9. The van der Waals surface area contributed by atoms with E-state index in [1.165, 1.54) is 10.8 Å². The Morgan fingerprint density at radius 3 is 2.48 bits per heavy atom. The van der Waals surface area contributed by atoms with Gasteiger partial charge < -0.3 is 4.90 Å². The van der Waals surface area contributed by atoms with E-state index in [4.69, 9.17) is 0 Å². The van der Waals surface area contributed by atoms with Crippen LogP contribution in [0.5, 0.6) is 0 Å². The topological polar surface area (TPSA) is 88.1 Å². The molecule has 0 aromatic carbocycles. The molecule has 1 heterocycles. The smallest absolute Gasteiger partial charge is 0.331 e. The van der Waals surface area contributed by atoms with Crippen molar-refractivity contribution in [1.82, 2.24) is 14.0 Å². The lowest BCUT2D eigenvalue weighted by atomic mass is 10.1. The second-order valence-corrected chi connectivity index (χ2v) is 7.58. The van der Waals surface area contributed by atoms with Gasteiger partial charge in [-0.3, -0.25) is 14.2 Å². The Labute approximate surface area is 145 Å². The van der Waals surface area contributed by atoms with Crippen LogP contribution in [0.3, 0.4) is 0 Å². The summed E-state index contributed by atoms with van der Waals surface area (Å²) in [5.41, 5.74) is -1.21. The zero-order valence-electron chi connectivity index (χ0n) is 14.4. The Balaban J connectivity index is 1.66. The summed E-state index contributed by atoms with van der Waals surface area (Å²) < 4.78 is 2.40. The van der Waals surface area contributed by atoms with Gasteiger partial charge in [-0.1, -0.05) is 0 Å². The molecule has 0 radical (unpaired) electrons. The van der Waals surface area contributed by atoms with Gasteiger partial charge in [0, 0.05) is 24.3 Å². The van der Waals surface area contributed by atoms with Crippen LogP contribution < -0.4 is 11.2 Å². The summed E-state index contributed by atoms with van der Waals surface area (Å²) in [7, 11) is 0. The molecule has 0 unspecified atom stereocenters. The fourth-order valence-corrected chi connectivity index (χ4v) is 3.59. The third kappa shape index (κ3) is 3.01. The Kier molecular flexibility index (Phi) is 3.78. The molecule has 0 aliphatic heterocycles. The Hall–Kier alpha value is -2.36. The Bertz CT molecular complexity index is 866. The lowest BCUT2D eigenvalue weighted by Gasteiger charge is -2.29. The number of aromatic nitrogens is 2. The van der Waals surface area contributed by atoms with Gasteiger partial charge in [-0.2, -0.15) is 5.26 Å². The highest BCUT2D eigenvalue weighted by Crippen LogP contribution is 2.39. The van der Waals surface area contributed by atoms with E-state index < -0.39 is 11.2 Å². The predicted molar refractivity (Wildman–Crippen MR) is 90.0 cm³/mol. The van der Waals surface area contributed by atoms with Crippen molar-refractivity contribution in [2.45, 2.75) is 70.1 Å². The molecule has 1 aromatic rings. The van der Waals surface area contributed by atoms with Gasteiger partial charge in [0.05, 0.1) is 0 Å². The summed E-state index contributed by atoms with van der Waals surface area (Å²) in [6.07, 6.45) is 7.32. The third-order valence-corrected chi connectivity index (χ3v) is 5.52. The van der Waals surface area contributed by atoms with Gasteiger partial charge in [-0.05, 0) is 51.4 Å². The van der Waals surface area contributed by atoms with Crippen molar-refractivity contribution in [3.63, 3.8) is 0 Å². The first kappa shape index (κ1) is 16.1. The first-order valence-electron chi connectivity index (χ1n) is 9.08. The number of hydrogen-bond acceptors (Lipinski definition) is 4. The van der Waals surface area contributed by atoms with Crippen LogP contribution in [0.15, 0.2) is 15.8 Å². The van der Waals surface area contributed by atoms with Gasteiger partial charge >= 0.3 is 5.69 Å². The molecular weight excluding hydrogens is 320 g/mol. The van der Waals surface area contributed by atoms with Gasteiger partial charge in [0.15, 0.2) is 0 Å². The standard InChI is InChI=1S/C18H22N4O3/c1-11(12-2-3-12)22(15-6-7-15)16(23)10-21-17(24)13(8-19)9-20(18(21)25)14-4-5-14/h9,11-12,14-15H,2-7,10H2,1H3/t11-/m1/s1. The van der Waals surface area contributed by atoms with Gasteiger partial charge in [0.1, 0.15) is 18.2 Å². The lowest BCUT2D eigenvalue weighted by molar-refractivity contribution is -0.135. The van der Waals surface area contributed by atoms with E-state index in [1.807, 2.05) is 11.0 Å². The minimum Gasteiger partial charge on any atom is -0.335 e. The molecule has 25 heavy (non-hydrogen) atoms. The number of nitriles is 1. The van der Waals surface area contributed by atoms with Gasteiger partial charge in [0.2, 0.25) is 5.91 Å². The van der Waals surface area contributed by atoms with Crippen LogP contribution in [0, 0.1) is 17.2 Å². The summed E-state index contributed by atoms with van der Waals surface area (Å²) in [4.78, 5) is 39.9. The first-order chi connectivity index (χ1) is 12.0. The highest BCUT2D eigenvalue weighted by atomic mass is 16.2. The number of carbonyl (C=O) groups excluding carboxylic acids is 1. The van der Waals surface area contributed by atoms with Crippen molar-refractivity contribution < 1.29 is 4.79 Å². The van der Waals surface area contributed by atoms with Gasteiger partial charge in [-0.25, -0.2) is 9.36 Å². The largest absolute Gasteiger partial charge is 0.335 e. The van der Waals surface area contributed by atoms with Crippen LogP contribution in [0.4, 0.5) is 0 Å². The van der Waals surface area contributed by atoms with E-state index in [1.54, 1.807) is 0 Å². The number of rotatable bonds is 6. The lowest BCUT2D eigenvalue weighted by Crippen LogP contribution is -2.48. The van der Waals surface area contributed by atoms with E-state index in [0.717, 1.165) is 43.1 Å². The summed E-state index contributed by atoms with van der Waals surface area (Å²) in [6.45, 7) is 1.79. The normalized spacial score (nSPS) is 20.8. The molecule has 4 rings (SSSR count).